The quantitative estimate of drug-likeness (QED) is 0.329. The molecule has 5 rings (SSSR count). The second-order valence-electron chi connectivity index (χ2n) is 7.94. The van der Waals surface area contributed by atoms with Crippen LogP contribution in [0.5, 0.6) is 11.5 Å². The van der Waals surface area contributed by atoms with E-state index in [0.717, 1.165) is 22.8 Å². The summed E-state index contributed by atoms with van der Waals surface area (Å²) in [6.07, 6.45) is 3.67. The second kappa shape index (κ2) is 9.56. The molecular weight excluding hydrogens is 487 g/mol. The van der Waals surface area contributed by atoms with E-state index in [1.165, 1.54) is 6.07 Å². The lowest BCUT2D eigenvalue weighted by molar-refractivity contribution is 0.394. The summed E-state index contributed by atoms with van der Waals surface area (Å²) in [7, 11) is 3.22. The Hall–Kier alpha value is -3.62. The van der Waals surface area contributed by atoms with E-state index in [1.54, 1.807) is 32.5 Å². The predicted octanol–water partition coefficient (Wildman–Crippen LogP) is 5.86. The van der Waals surface area contributed by atoms with Gasteiger partial charge in [-0.05, 0) is 66.8 Å². The molecule has 2 atom stereocenters. The van der Waals surface area contributed by atoms with Crippen LogP contribution in [0, 0.1) is 5.82 Å². The van der Waals surface area contributed by atoms with E-state index in [9.17, 15) is 4.39 Å². The number of thiocarbonyl (C=S) groups is 1. The Kier molecular flexibility index (Phi) is 6.32. The van der Waals surface area contributed by atoms with Gasteiger partial charge in [-0.15, -0.1) is 0 Å². The first-order valence-corrected chi connectivity index (χ1v) is 11.7. The number of hydrogen-bond donors (Lipinski definition) is 1. The van der Waals surface area contributed by atoms with Crippen molar-refractivity contribution in [1.29, 1.82) is 0 Å². The Bertz CT molecular complexity index is 1380. The van der Waals surface area contributed by atoms with Crippen molar-refractivity contribution in [1.82, 2.24) is 14.9 Å². The van der Waals surface area contributed by atoms with E-state index in [2.05, 4.69) is 10.3 Å². The molecule has 9 heteroatoms. The van der Waals surface area contributed by atoms with E-state index in [0.29, 0.717) is 16.6 Å². The van der Waals surface area contributed by atoms with Gasteiger partial charge >= 0.3 is 0 Å². The van der Waals surface area contributed by atoms with Crippen molar-refractivity contribution in [2.45, 2.75) is 12.1 Å². The largest absolute Gasteiger partial charge is 0.497 e. The molecule has 4 aromatic rings. The van der Waals surface area contributed by atoms with Gasteiger partial charge in [0.25, 0.3) is 0 Å². The number of benzene rings is 2. The van der Waals surface area contributed by atoms with E-state index in [4.69, 9.17) is 33.3 Å². The summed E-state index contributed by atoms with van der Waals surface area (Å²) < 4.78 is 27.0. The molecule has 0 radical (unpaired) electrons. The van der Waals surface area contributed by atoms with Gasteiger partial charge < -0.3 is 24.3 Å². The average molecular weight is 509 g/mol. The normalized spacial score (nSPS) is 17.4. The van der Waals surface area contributed by atoms with Crippen molar-refractivity contribution in [2.75, 3.05) is 19.1 Å². The number of rotatable bonds is 6. The van der Waals surface area contributed by atoms with Crippen LogP contribution in [0.3, 0.4) is 0 Å². The van der Waals surface area contributed by atoms with Gasteiger partial charge in [-0.3, -0.25) is 4.98 Å². The molecule has 0 bridgehead atoms. The molecular formula is C26H22ClFN4O2S. The van der Waals surface area contributed by atoms with Crippen LogP contribution >= 0.6 is 23.8 Å². The molecule has 178 valence electrons. The Morgan fingerprint density at radius 3 is 2.60 bits per heavy atom. The molecule has 35 heavy (non-hydrogen) atoms. The van der Waals surface area contributed by atoms with Gasteiger partial charge in [-0.25, -0.2) is 4.39 Å². The molecule has 1 fully saturated rings. The topological polar surface area (TPSA) is 51.5 Å². The number of anilines is 1. The van der Waals surface area contributed by atoms with Crippen molar-refractivity contribution in [3.8, 4) is 17.2 Å². The predicted molar refractivity (Wildman–Crippen MR) is 138 cm³/mol. The van der Waals surface area contributed by atoms with Crippen molar-refractivity contribution < 1.29 is 13.9 Å². The van der Waals surface area contributed by atoms with Gasteiger partial charge in [0, 0.05) is 29.8 Å². The number of ether oxygens (including phenoxy) is 2. The van der Waals surface area contributed by atoms with Crippen LogP contribution in [0.1, 0.15) is 23.5 Å². The molecule has 6 nitrogen and oxygen atoms in total. The van der Waals surface area contributed by atoms with Crippen molar-refractivity contribution in [2.24, 2.45) is 0 Å². The summed E-state index contributed by atoms with van der Waals surface area (Å²) in [6.45, 7) is 0. The van der Waals surface area contributed by atoms with Crippen LogP contribution in [0.2, 0.25) is 5.02 Å². The van der Waals surface area contributed by atoms with Crippen LogP contribution < -0.4 is 19.7 Å². The first-order valence-electron chi connectivity index (χ1n) is 10.9. The van der Waals surface area contributed by atoms with Crippen molar-refractivity contribution in [3.05, 3.63) is 101 Å². The van der Waals surface area contributed by atoms with Crippen molar-refractivity contribution >= 4 is 34.6 Å². The number of hydrogen-bond acceptors (Lipinski definition) is 4. The highest BCUT2D eigenvalue weighted by atomic mass is 35.5. The summed E-state index contributed by atoms with van der Waals surface area (Å²) in [5.74, 6) is 0.817. The monoisotopic (exact) mass is 508 g/mol. The van der Waals surface area contributed by atoms with Crippen LogP contribution in [0.15, 0.2) is 79.1 Å². The molecule has 1 aliphatic heterocycles. The van der Waals surface area contributed by atoms with Crippen LogP contribution in [-0.4, -0.2) is 28.9 Å². The lowest BCUT2D eigenvalue weighted by atomic mass is 10.0. The molecule has 0 aliphatic carbocycles. The zero-order chi connectivity index (χ0) is 24.5. The fourth-order valence-electron chi connectivity index (χ4n) is 4.40. The Morgan fingerprint density at radius 2 is 1.89 bits per heavy atom. The average Bonchev–Trinajstić information content (AvgIpc) is 3.50. The molecule has 0 spiro atoms. The fourth-order valence-corrected chi connectivity index (χ4v) is 4.92. The third kappa shape index (κ3) is 4.19. The van der Waals surface area contributed by atoms with E-state index in [1.807, 2.05) is 64.2 Å². The van der Waals surface area contributed by atoms with E-state index in [-0.39, 0.29) is 17.1 Å². The molecule has 3 heterocycles. The van der Waals surface area contributed by atoms with Gasteiger partial charge in [0.1, 0.15) is 23.4 Å². The van der Waals surface area contributed by atoms with Crippen LogP contribution in [0.4, 0.5) is 10.1 Å². The molecule has 0 amide bonds. The zero-order valence-corrected chi connectivity index (χ0v) is 20.6. The number of pyridine rings is 1. The Balaban J connectivity index is 1.69. The van der Waals surface area contributed by atoms with Crippen molar-refractivity contribution in [3.63, 3.8) is 0 Å². The maximum absolute atomic E-state index is 13.9. The molecule has 1 aliphatic rings. The fraction of sp³-hybridized carbons (Fsp3) is 0.154. The molecule has 1 saturated heterocycles. The lowest BCUT2D eigenvalue weighted by Crippen LogP contribution is -2.30. The standard InChI is InChI=1S/C26H22ClFN4O2S/c1-33-17-9-11-21(23(15-17)34-2)32-25(24(30-26(32)35)20-6-3-4-12-29-20)22-7-5-13-31(22)16-8-10-19(28)18(27)14-16/h3-15,24-25H,1-2H3,(H,30,35). The van der Waals surface area contributed by atoms with E-state index < -0.39 is 5.82 Å². The molecule has 0 saturated carbocycles. The maximum atomic E-state index is 13.9. The summed E-state index contributed by atoms with van der Waals surface area (Å²) in [5, 5.41) is 4.02. The summed E-state index contributed by atoms with van der Waals surface area (Å²) in [4.78, 5) is 6.62. The SMILES string of the molecule is COc1ccc(N2C(=S)NC(c3ccccn3)C2c2cccn2-c2ccc(F)c(Cl)c2)c(OC)c1. The number of methoxy groups -OCH3 is 2. The summed E-state index contributed by atoms with van der Waals surface area (Å²) in [5.41, 5.74) is 3.25. The van der Waals surface area contributed by atoms with Crippen LogP contribution in [-0.2, 0) is 0 Å². The molecule has 2 aromatic heterocycles. The van der Waals surface area contributed by atoms with E-state index >= 15 is 0 Å². The summed E-state index contributed by atoms with van der Waals surface area (Å²) >= 11 is 12.0. The molecule has 2 aromatic carbocycles. The first-order chi connectivity index (χ1) is 17.0. The lowest BCUT2D eigenvalue weighted by Gasteiger charge is -2.30. The number of aromatic nitrogens is 2. The number of nitrogens with zero attached hydrogens (tertiary/aromatic N) is 3. The Labute approximate surface area is 212 Å². The third-order valence-electron chi connectivity index (χ3n) is 6.01. The third-order valence-corrected chi connectivity index (χ3v) is 6.61. The molecule has 2 unspecified atom stereocenters. The van der Waals surface area contributed by atoms with Gasteiger partial charge in [0.15, 0.2) is 5.11 Å². The minimum atomic E-state index is -0.469. The highest BCUT2D eigenvalue weighted by Gasteiger charge is 2.43. The zero-order valence-electron chi connectivity index (χ0n) is 19.0. The highest BCUT2D eigenvalue weighted by molar-refractivity contribution is 7.80. The second-order valence-corrected chi connectivity index (χ2v) is 8.73. The summed E-state index contributed by atoms with van der Waals surface area (Å²) in [6, 6.07) is 19.4. The number of halogens is 2. The minimum Gasteiger partial charge on any atom is -0.497 e. The van der Waals surface area contributed by atoms with Gasteiger partial charge in [0.2, 0.25) is 0 Å². The molecule has 1 N–H and O–H groups in total. The Morgan fingerprint density at radius 1 is 1.03 bits per heavy atom. The van der Waals surface area contributed by atoms with Gasteiger partial charge in [0.05, 0.1) is 36.7 Å². The van der Waals surface area contributed by atoms with Gasteiger partial charge in [-0.1, -0.05) is 17.7 Å². The minimum absolute atomic E-state index is 0.0529. The van der Waals surface area contributed by atoms with Crippen LogP contribution in [0.25, 0.3) is 5.69 Å². The van der Waals surface area contributed by atoms with Gasteiger partial charge in [-0.2, -0.15) is 0 Å². The smallest absolute Gasteiger partial charge is 0.174 e. The number of nitrogens with one attached hydrogen (secondary N) is 1. The first kappa shape index (κ1) is 23.1. The maximum Gasteiger partial charge on any atom is 0.174 e. The highest BCUT2D eigenvalue weighted by Crippen LogP contribution is 2.45.